The molecule has 1 unspecified atom stereocenters. The third-order valence-corrected chi connectivity index (χ3v) is 6.63. The molecule has 17 heavy (non-hydrogen) atoms. The molecule has 0 saturated carbocycles. The van der Waals surface area contributed by atoms with Crippen molar-refractivity contribution in [3.63, 3.8) is 0 Å². The lowest BCUT2D eigenvalue weighted by Gasteiger charge is -2.09. The van der Waals surface area contributed by atoms with E-state index in [0.29, 0.717) is 10.0 Å². The number of rotatable bonds is 2. The standard InChI is InChI=1S/C12H8Br2Cl2S/c1-6-4-10(17-12(6)14)11(13)7-2-3-8(15)9(16)5-7/h2-5,11H,1H3. The lowest BCUT2D eigenvalue weighted by molar-refractivity contribution is 1.22. The first kappa shape index (κ1) is 13.9. The molecule has 0 aliphatic rings. The topological polar surface area (TPSA) is 0 Å². The van der Waals surface area contributed by atoms with Crippen LogP contribution in [0.15, 0.2) is 28.1 Å². The minimum atomic E-state index is 0.146. The summed E-state index contributed by atoms with van der Waals surface area (Å²) < 4.78 is 1.16. The fourth-order valence-corrected chi connectivity index (χ4v) is 4.02. The molecule has 1 atom stereocenters. The van der Waals surface area contributed by atoms with Gasteiger partial charge in [0.15, 0.2) is 0 Å². The Morgan fingerprint density at radius 3 is 2.41 bits per heavy atom. The van der Waals surface area contributed by atoms with Gasteiger partial charge in [-0.15, -0.1) is 11.3 Å². The van der Waals surface area contributed by atoms with E-state index in [0.717, 1.165) is 9.35 Å². The lowest BCUT2D eigenvalue weighted by atomic mass is 10.1. The molecule has 1 aromatic carbocycles. The maximum absolute atomic E-state index is 6.02. The van der Waals surface area contributed by atoms with Gasteiger partial charge >= 0.3 is 0 Å². The minimum absolute atomic E-state index is 0.146. The zero-order valence-electron chi connectivity index (χ0n) is 8.81. The van der Waals surface area contributed by atoms with Crippen molar-refractivity contribution in [2.24, 2.45) is 0 Å². The molecule has 90 valence electrons. The van der Waals surface area contributed by atoms with Gasteiger partial charge in [-0.1, -0.05) is 45.2 Å². The van der Waals surface area contributed by atoms with Gasteiger partial charge in [0, 0.05) is 4.88 Å². The molecule has 0 aliphatic heterocycles. The van der Waals surface area contributed by atoms with Gasteiger partial charge in [0.05, 0.1) is 18.7 Å². The summed E-state index contributed by atoms with van der Waals surface area (Å²) in [7, 11) is 0. The largest absolute Gasteiger partial charge is 0.131 e. The number of alkyl halides is 1. The average Bonchev–Trinajstić information content (AvgIpc) is 2.62. The first-order chi connectivity index (χ1) is 7.99. The highest BCUT2D eigenvalue weighted by molar-refractivity contribution is 9.11. The predicted octanol–water partition coefficient (Wildman–Crippen LogP) is 6.61. The van der Waals surface area contributed by atoms with Crippen LogP contribution < -0.4 is 0 Å². The summed E-state index contributed by atoms with van der Waals surface area (Å²) in [6, 6.07) is 7.86. The molecule has 0 amide bonds. The highest BCUT2D eigenvalue weighted by Gasteiger charge is 2.15. The Morgan fingerprint density at radius 2 is 1.88 bits per heavy atom. The van der Waals surface area contributed by atoms with Crippen molar-refractivity contribution in [1.29, 1.82) is 0 Å². The van der Waals surface area contributed by atoms with Crippen LogP contribution in [0.3, 0.4) is 0 Å². The number of thiophene rings is 1. The Kier molecular flexibility index (Phi) is 4.59. The summed E-state index contributed by atoms with van der Waals surface area (Å²) in [4.78, 5) is 1.39. The smallest absolute Gasteiger partial charge is 0.0739 e. The first-order valence-corrected chi connectivity index (χ1v) is 8.12. The van der Waals surface area contributed by atoms with Crippen LogP contribution in [0.4, 0.5) is 0 Å². The normalized spacial score (nSPS) is 12.8. The molecule has 1 heterocycles. The summed E-state index contributed by atoms with van der Waals surface area (Å²) in [6.45, 7) is 2.08. The van der Waals surface area contributed by atoms with Crippen LogP contribution in [-0.4, -0.2) is 0 Å². The van der Waals surface area contributed by atoms with Gasteiger partial charge < -0.3 is 0 Å². The molecule has 0 aliphatic carbocycles. The van der Waals surface area contributed by atoms with E-state index in [1.165, 1.54) is 10.4 Å². The molecule has 2 rings (SSSR count). The lowest BCUT2D eigenvalue weighted by Crippen LogP contribution is -1.89. The van der Waals surface area contributed by atoms with Crippen molar-refractivity contribution in [1.82, 2.24) is 0 Å². The Morgan fingerprint density at radius 1 is 1.18 bits per heavy atom. The van der Waals surface area contributed by atoms with Gasteiger partial charge in [0.25, 0.3) is 0 Å². The van der Waals surface area contributed by atoms with Gasteiger partial charge in [-0.25, -0.2) is 0 Å². The van der Waals surface area contributed by atoms with Crippen LogP contribution >= 0.6 is 66.4 Å². The Hall–Kier alpha value is 0.460. The zero-order chi connectivity index (χ0) is 12.6. The minimum Gasteiger partial charge on any atom is -0.131 e. The molecule has 0 saturated heterocycles. The van der Waals surface area contributed by atoms with Crippen LogP contribution in [0.25, 0.3) is 0 Å². The van der Waals surface area contributed by atoms with Crippen molar-refractivity contribution >= 4 is 66.4 Å². The van der Waals surface area contributed by atoms with Crippen molar-refractivity contribution in [3.8, 4) is 0 Å². The van der Waals surface area contributed by atoms with Gasteiger partial charge in [-0.05, 0) is 52.2 Å². The molecule has 0 N–H and O–H groups in total. The third kappa shape index (κ3) is 3.07. The zero-order valence-corrected chi connectivity index (χ0v) is 14.3. The Balaban J connectivity index is 2.36. The Bertz CT molecular complexity index is 532. The summed E-state index contributed by atoms with van der Waals surface area (Å²) >= 11 is 20.9. The monoisotopic (exact) mass is 412 g/mol. The number of halogens is 4. The van der Waals surface area contributed by atoms with Crippen LogP contribution in [0.5, 0.6) is 0 Å². The van der Waals surface area contributed by atoms with Crippen LogP contribution in [0.2, 0.25) is 10.0 Å². The number of aryl methyl sites for hydroxylation is 1. The predicted molar refractivity (Wildman–Crippen MR) is 84.0 cm³/mol. The molecular formula is C12H8Br2Cl2S. The summed E-state index contributed by atoms with van der Waals surface area (Å²) in [5.41, 5.74) is 2.35. The molecule has 2 aromatic rings. The Labute approximate surface area is 131 Å². The van der Waals surface area contributed by atoms with E-state index in [9.17, 15) is 0 Å². The van der Waals surface area contributed by atoms with Gasteiger partial charge in [-0.2, -0.15) is 0 Å². The molecule has 1 aromatic heterocycles. The molecule has 5 heteroatoms. The van der Waals surface area contributed by atoms with Crippen LogP contribution in [0, 0.1) is 6.92 Å². The molecule has 0 radical (unpaired) electrons. The van der Waals surface area contributed by atoms with Crippen molar-refractivity contribution < 1.29 is 0 Å². The van der Waals surface area contributed by atoms with Crippen LogP contribution in [0.1, 0.15) is 20.8 Å². The molecule has 0 nitrogen and oxygen atoms in total. The van der Waals surface area contributed by atoms with Crippen molar-refractivity contribution in [2.75, 3.05) is 0 Å². The van der Waals surface area contributed by atoms with E-state index >= 15 is 0 Å². The van der Waals surface area contributed by atoms with E-state index < -0.39 is 0 Å². The fourth-order valence-electron chi connectivity index (χ4n) is 1.44. The van der Waals surface area contributed by atoms with Crippen molar-refractivity contribution in [3.05, 3.63) is 54.1 Å². The molecule has 0 fully saturated rings. The maximum Gasteiger partial charge on any atom is 0.0739 e. The summed E-state index contributed by atoms with van der Waals surface area (Å²) in [5, 5.41) is 1.17. The van der Waals surface area contributed by atoms with Gasteiger partial charge in [0.1, 0.15) is 0 Å². The van der Waals surface area contributed by atoms with Crippen LogP contribution in [-0.2, 0) is 0 Å². The van der Waals surface area contributed by atoms with E-state index in [4.69, 9.17) is 23.2 Å². The van der Waals surface area contributed by atoms with Gasteiger partial charge in [-0.3, -0.25) is 0 Å². The summed E-state index contributed by atoms with van der Waals surface area (Å²) in [6.07, 6.45) is 0. The number of hydrogen-bond donors (Lipinski definition) is 0. The SMILES string of the molecule is Cc1cc(C(Br)c2ccc(Cl)c(Cl)c2)sc1Br. The quantitative estimate of drug-likeness (QED) is 0.485. The third-order valence-electron chi connectivity index (χ3n) is 2.36. The number of benzene rings is 1. The molecule has 0 bridgehead atoms. The van der Waals surface area contributed by atoms with E-state index in [-0.39, 0.29) is 4.83 Å². The van der Waals surface area contributed by atoms with Gasteiger partial charge in [0.2, 0.25) is 0 Å². The second-order valence-electron chi connectivity index (χ2n) is 3.64. The van der Waals surface area contributed by atoms with E-state index in [1.807, 2.05) is 18.2 Å². The average molecular weight is 415 g/mol. The number of hydrogen-bond acceptors (Lipinski definition) is 1. The summed E-state index contributed by atoms with van der Waals surface area (Å²) in [5.74, 6) is 0. The van der Waals surface area contributed by atoms with E-state index in [1.54, 1.807) is 11.3 Å². The molecule has 0 spiro atoms. The maximum atomic E-state index is 6.02. The second kappa shape index (κ2) is 5.62. The highest BCUT2D eigenvalue weighted by Crippen LogP contribution is 2.40. The highest BCUT2D eigenvalue weighted by atomic mass is 79.9. The van der Waals surface area contributed by atoms with Crippen molar-refractivity contribution in [2.45, 2.75) is 11.8 Å². The fraction of sp³-hybridized carbons (Fsp3) is 0.167. The second-order valence-corrected chi connectivity index (χ2v) is 7.77. The molecular weight excluding hydrogens is 407 g/mol. The van der Waals surface area contributed by atoms with E-state index in [2.05, 4.69) is 44.8 Å². The first-order valence-electron chi connectivity index (χ1n) is 4.84.